The lowest BCUT2D eigenvalue weighted by atomic mass is 10.4. The Morgan fingerprint density at radius 3 is 3.07 bits per heavy atom. The van der Waals surface area contributed by atoms with E-state index in [9.17, 15) is 0 Å². The molecule has 0 fully saturated rings. The van der Waals surface area contributed by atoms with Gasteiger partial charge in [-0.25, -0.2) is 9.97 Å². The molecule has 3 N–H and O–H groups in total. The molecule has 5 nitrogen and oxygen atoms in total. The number of nitrogens with two attached hydrogens (primary N) is 1. The summed E-state index contributed by atoms with van der Waals surface area (Å²) in [5.41, 5.74) is 7.83. The quantitative estimate of drug-likeness (QED) is 0.801. The number of aromatic nitrogens is 3. The maximum absolute atomic E-state index is 5.75. The molecule has 0 saturated carbocycles. The molecular formula is C8H8ClN5S. The Morgan fingerprint density at radius 2 is 2.33 bits per heavy atom. The highest BCUT2D eigenvalue weighted by Gasteiger charge is 2.05. The van der Waals surface area contributed by atoms with Gasteiger partial charge >= 0.3 is 0 Å². The molecule has 0 unspecified atom stereocenters. The number of anilines is 2. The molecular weight excluding hydrogens is 234 g/mol. The molecule has 0 aliphatic heterocycles. The minimum atomic E-state index is 0.261. The van der Waals surface area contributed by atoms with Gasteiger partial charge in [0.05, 0.1) is 12.1 Å². The van der Waals surface area contributed by atoms with Crippen LogP contribution in [0.4, 0.5) is 11.5 Å². The highest BCUT2D eigenvalue weighted by atomic mass is 35.5. The first-order valence-electron chi connectivity index (χ1n) is 4.14. The van der Waals surface area contributed by atoms with Crippen molar-refractivity contribution in [2.24, 2.45) is 0 Å². The molecule has 2 aromatic heterocycles. The van der Waals surface area contributed by atoms with E-state index < -0.39 is 0 Å². The maximum Gasteiger partial charge on any atom is 0.157 e. The molecule has 0 aliphatic rings. The van der Waals surface area contributed by atoms with Crippen molar-refractivity contribution in [3.63, 3.8) is 0 Å². The monoisotopic (exact) mass is 241 g/mol. The van der Waals surface area contributed by atoms with Gasteiger partial charge in [-0.15, -0.1) is 11.3 Å². The molecule has 0 saturated heterocycles. The first-order valence-corrected chi connectivity index (χ1v) is 5.40. The maximum atomic E-state index is 5.75. The van der Waals surface area contributed by atoms with Crippen LogP contribution in [-0.4, -0.2) is 15.0 Å². The molecule has 2 heterocycles. The van der Waals surface area contributed by atoms with Crippen LogP contribution >= 0.6 is 22.9 Å². The Balaban J connectivity index is 2.08. The van der Waals surface area contributed by atoms with Crippen LogP contribution in [0, 0.1) is 0 Å². The summed E-state index contributed by atoms with van der Waals surface area (Å²) in [6, 6.07) is 0. The van der Waals surface area contributed by atoms with Crippen molar-refractivity contribution in [2.75, 3.05) is 11.1 Å². The van der Waals surface area contributed by atoms with E-state index in [4.69, 9.17) is 17.3 Å². The number of nitrogens with zero attached hydrogens (tertiary/aromatic N) is 3. The number of hydrogen-bond donors (Lipinski definition) is 2. The fraction of sp³-hybridized carbons (Fsp3) is 0.125. The molecule has 78 valence electrons. The van der Waals surface area contributed by atoms with E-state index in [-0.39, 0.29) is 5.15 Å². The Bertz CT molecular complexity index is 444. The van der Waals surface area contributed by atoms with Crippen molar-refractivity contribution in [2.45, 2.75) is 6.54 Å². The fourth-order valence-corrected chi connectivity index (χ4v) is 1.68. The second kappa shape index (κ2) is 4.41. The summed E-state index contributed by atoms with van der Waals surface area (Å²) < 4.78 is 0. The summed E-state index contributed by atoms with van der Waals surface area (Å²) in [5, 5.41) is 3.33. The predicted octanol–water partition coefficient (Wildman–Crippen LogP) is 1.78. The fourth-order valence-electron chi connectivity index (χ4n) is 1.02. The number of rotatable bonds is 3. The lowest BCUT2D eigenvalue weighted by molar-refractivity contribution is 1.10. The lowest BCUT2D eigenvalue weighted by Crippen LogP contribution is -2.04. The average Bonchev–Trinajstić information content (AvgIpc) is 2.73. The normalized spacial score (nSPS) is 10.2. The molecule has 15 heavy (non-hydrogen) atoms. The molecule has 0 radical (unpaired) electrons. The van der Waals surface area contributed by atoms with Crippen molar-refractivity contribution in [3.8, 4) is 0 Å². The van der Waals surface area contributed by atoms with Crippen molar-refractivity contribution in [1.82, 2.24) is 15.0 Å². The number of halogens is 1. The molecule has 0 aliphatic carbocycles. The highest BCUT2D eigenvalue weighted by molar-refractivity contribution is 7.09. The van der Waals surface area contributed by atoms with Gasteiger partial charge in [-0.1, -0.05) is 11.6 Å². The number of nitrogen functional groups attached to an aromatic ring is 1. The zero-order valence-electron chi connectivity index (χ0n) is 7.64. The Labute approximate surface area is 95.3 Å². The zero-order valence-corrected chi connectivity index (χ0v) is 9.22. The summed E-state index contributed by atoms with van der Waals surface area (Å²) in [4.78, 5) is 12.8. The second-order valence-corrected chi connectivity index (χ2v) is 4.08. The lowest BCUT2D eigenvalue weighted by Gasteiger charge is -2.06. The Morgan fingerprint density at radius 1 is 1.47 bits per heavy atom. The van der Waals surface area contributed by atoms with E-state index >= 15 is 0 Å². The number of hydrogen-bond acceptors (Lipinski definition) is 6. The van der Waals surface area contributed by atoms with Crippen molar-refractivity contribution >= 4 is 34.4 Å². The molecule has 0 spiro atoms. The van der Waals surface area contributed by atoms with Gasteiger partial charge in [-0.05, 0) is 0 Å². The van der Waals surface area contributed by atoms with Crippen molar-refractivity contribution in [3.05, 3.63) is 28.1 Å². The molecule has 0 atom stereocenters. The van der Waals surface area contributed by atoms with E-state index in [0.29, 0.717) is 18.1 Å². The molecule has 0 bridgehead atoms. The third-order valence-electron chi connectivity index (χ3n) is 1.75. The van der Waals surface area contributed by atoms with Gasteiger partial charge in [0, 0.05) is 11.1 Å². The third kappa shape index (κ3) is 2.34. The van der Waals surface area contributed by atoms with Gasteiger partial charge in [0.25, 0.3) is 0 Å². The van der Waals surface area contributed by atoms with E-state index in [0.717, 1.165) is 4.88 Å². The molecule has 7 heteroatoms. The summed E-state index contributed by atoms with van der Waals surface area (Å²) in [6.07, 6.45) is 3.16. The van der Waals surface area contributed by atoms with E-state index in [1.807, 2.05) is 0 Å². The van der Waals surface area contributed by atoms with Crippen LogP contribution < -0.4 is 11.1 Å². The van der Waals surface area contributed by atoms with E-state index in [1.165, 1.54) is 6.33 Å². The third-order valence-corrected chi connectivity index (χ3v) is 2.83. The van der Waals surface area contributed by atoms with E-state index in [2.05, 4.69) is 20.3 Å². The molecule has 0 aromatic carbocycles. The van der Waals surface area contributed by atoms with Crippen LogP contribution in [0.15, 0.2) is 18.0 Å². The Hall–Kier alpha value is -1.40. The van der Waals surface area contributed by atoms with Crippen LogP contribution in [0.25, 0.3) is 0 Å². The first kappa shape index (κ1) is 10.1. The Kier molecular flexibility index (Phi) is 2.98. The van der Waals surface area contributed by atoms with Crippen LogP contribution in [0.5, 0.6) is 0 Å². The summed E-state index contributed by atoms with van der Waals surface area (Å²) in [5.74, 6) is 0.545. The topological polar surface area (TPSA) is 76.7 Å². The summed E-state index contributed by atoms with van der Waals surface area (Å²) in [7, 11) is 0. The van der Waals surface area contributed by atoms with Gasteiger partial charge < -0.3 is 11.1 Å². The summed E-state index contributed by atoms with van der Waals surface area (Å²) >= 11 is 7.31. The van der Waals surface area contributed by atoms with Crippen LogP contribution in [0.2, 0.25) is 5.15 Å². The average molecular weight is 242 g/mol. The van der Waals surface area contributed by atoms with Crippen molar-refractivity contribution < 1.29 is 0 Å². The van der Waals surface area contributed by atoms with Gasteiger partial charge in [0.15, 0.2) is 11.0 Å². The molecule has 0 amide bonds. The number of thiazole rings is 1. The molecule has 2 rings (SSSR count). The van der Waals surface area contributed by atoms with Gasteiger partial charge in [-0.2, -0.15) is 0 Å². The van der Waals surface area contributed by atoms with Gasteiger partial charge in [0.2, 0.25) is 0 Å². The first-order chi connectivity index (χ1) is 7.27. The predicted molar refractivity (Wildman–Crippen MR) is 60.9 cm³/mol. The SMILES string of the molecule is Nc1c(Cl)ncnc1NCc1cncs1. The minimum Gasteiger partial charge on any atom is -0.393 e. The summed E-state index contributed by atoms with van der Waals surface area (Å²) in [6.45, 7) is 0.627. The van der Waals surface area contributed by atoms with Crippen LogP contribution in [0.3, 0.4) is 0 Å². The smallest absolute Gasteiger partial charge is 0.157 e. The molecule has 2 aromatic rings. The zero-order chi connectivity index (χ0) is 10.7. The minimum absolute atomic E-state index is 0.261. The number of nitrogens with one attached hydrogen (secondary N) is 1. The highest BCUT2D eigenvalue weighted by Crippen LogP contribution is 2.22. The van der Waals surface area contributed by atoms with Crippen LogP contribution in [-0.2, 0) is 6.54 Å². The van der Waals surface area contributed by atoms with E-state index in [1.54, 1.807) is 23.0 Å². The van der Waals surface area contributed by atoms with Crippen molar-refractivity contribution in [1.29, 1.82) is 0 Å². The largest absolute Gasteiger partial charge is 0.393 e. The van der Waals surface area contributed by atoms with Gasteiger partial charge in [0.1, 0.15) is 12.0 Å². The van der Waals surface area contributed by atoms with Crippen LogP contribution in [0.1, 0.15) is 4.88 Å². The second-order valence-electron chi connectivity index (χ2n) is 2.75. The van der Waals surface area contributed by atoms with Gasteiger partial charge in [-0.3, -0.25) is 4.98 Å². The standard InChI is InChI=1S/C8H8ClN5S/c9-7-6(10)8(14-3-13-7)12-2-5-1-11-4-15-5/h1,3-4H,2,10H2,(H,12,13,14).